The molecule has 0 atom stereocenters. The molecule has 0 aliphatic rings. The van der Waals surface area contributed by atoms with Gasteiger partial charge in [0.25, 0.3) is 5.56 Å². The van der Waals surface area contributed by atoms with Gasteiger partial charge >= 0.3 is 5.69 Å². The van der Waals surface area contributed by atoms with Crippen LogP contribution in [0.5, 0.6) is 0 Å². The maximum atomic E-state index is 14.2. The van der Waals surface area contributed by atoms with Crippen LogP contribution in [0, 0.1) is 5.82 Å². The lowest BCUT2D eigenvalue weighted by molar-refractivity contribution is 0.189. The molecular weight excluding hydrogens is 359 g/mol. The molecule has 136 valence electrons. The largest absolute Gasteiger partial charge is 0.385 e. The number of rotatable bonds is 6. The number of para-hydroxylation sites is 1. The average molecular weight is 377 g/mol. The Morgan fingerprint density at radius 2 is 1.85 bits per heavy atom. The number of benzene rings is 2. The van der Waals surface area contributed by atoms with Crippen LogP contribution in [-0.2, 0) is 17.8 Å². The Bertz CT molecular complexity index is 1040. The van der Waals surface area contributed by atoms with Crippen molar-refractivity contribution in [2.45, 2.75) is 19.5 Å². The quantitative estimate of drug-likeness (QED) is 0.621. The van der Waals surface area contributed by atoms with Crippen molar-refractivity contribution in [1.29, 1.82) is 0 Å². The van der Waals surface area contributed by atoms with Crippen molar-refractivity contribution in [2.24, 2.45) is 0 Å². The molecule has 7 heteroatoms. The number of halogens is 2. The third-order valence-electron chi connectivity index (χ3n) is 4.24. The topological polar surface area (TPSA) is 53.2 Å². The zero-order valence-corrected chi connectivity index (χ0v) is 15.0. The van der Waals surface area contributed by atoms with Crippen molar-refractivity contribution < 1.29 is 9.13 Å². The minimum absolute atomic E-state index is 0.0601. The van der Waals surface area contributed by atoms with Crippen LogP contribution in [0.4, 0.5) is 4.39 Å². The molecule has 0 spiro atoms. The van der Waals surface area contributed by atoms with E-state index in [1.165, 1.54) is 16.7 Å². The molecule has 26 heavy (non-hydrogen) atoms. The molecular formula is C19H18ClFN2O3. The summed E-state index contributed by atoms with van der Waals surface area (Å²) >= 11 is 6.12. The van der Waals surface area contributed by atoms with Crippen LogP contribution in [0.1, 0.15) is 12.0 Å². The van der Waals surface area contributed by atoms with Crippen molar-refractivity contribution in [3.05, 3.63) is 79.7 Å². The van der Waals surface area contributed by atoms with E-state index in [1.807, 2.05) is 0 Å². The molecule has 0 radical (unpaired) electrons. The molecule has 0 saturated heterocycles. The van der Waals surface area contributed by atoms with Gasteiger partial charge in [0.2, 0.25) is 0 Å². The molecule has 1 heterocycles. The third-order valence-corrected chi connectivity index (χ3v) is 4.59. The highest BCUT2D eigenvalue weighted by Gasteiger charge is 2.15. The third kappa shape index (κ3) is 3.43. The van der Waals surface area contributed by atoms with E-state index in [4.69, 9.17) is 16.3 Å². The summed E-state index contributed by atoms with van der Waals surface area (Å²) in [6.07, 6.45) is 0.518. The van der Waals surface area contributed by atoms with Crippen LogP contribution < -0.4 is 11.2 Å². The summed E-state index contributed by atoms with van der Waals surface area (Å²) < 4.78 is 21.8. The Morgan fingerprint density at radius 1 is 1.08 bits per heavy atom. The van der Waals surface area contributed by atoms with Gasteiger partial charge in [-0.2, -0.15) is 0 Å². The van der Waals surface area contributed by atoms with Gasteiger partial charge < -0.3 is 4.74 Å². The van der Waals surface area contributed by atoms with E-state index in [1.54, 1.807) is 37.4 Å². The van der Waals surface area contributed by atoms with Gasteiger partial charge in [0, 0.05) is 30.8 Å². The molecule has 0 aliphatic carbocycles. The lowest BCUT2D eigenvalue weighted by atomic mass is 10.2. The van der Waals surface area contributed by atoms with Crippen molar-refractivity contribution in [3.8, 4) is 0 Å². The van der Waals surface area contributed by atoms with Crippen LogP contribution in [0.15, 0.2) is 52.1 Å². The Labute approximate surface area is 154 Å². The van der Waals surface area contributed by atoms with E-state index >= 15 is 0 Å². The number of aromatic nitrogens is 2. The highest BCUT2D eigenvalue weighted by Crippen LogP contribution is 2.21. The van der Waals surface area contributed by atoms with Crippen molar-refractivity contribution in [1.82, 2.24) is 9.13 Å². The Kier molecular flexibility index (Phi) is 5.54. The fourth-order valence-electron chi connectivity index (χ4n) is 2.93. The highest BCUT2D eigenvalue weighted by atomic mass is 35.5. The molecule has 0 amide bonds. The summed E-state index contributed by atoms with van der Waals surface area (Å²) in [6.45, 7) is 0.592. The zero-order valence-electron chi connectivity index (χ0n) is 14.2. The zero-order chi connectivity index (χ0) is 18.7. The van der Waals surface area contributed by atoms with Gasteiger partial charge in [0.05, 0.1) is 17.4 Å². The Balaban J connectivity index is 2.20. The molecule has 0 N–H and O–H groups in total. The van der Waals surface area contributed by atoms with E-state index in [0.717, 1.165) is 4.57 Å². The van der Waals surface area contributed by atoms with E-state index in [-0.39, 0.29) is 29.2 Å². The van der Waals surface area contributed by atoms with Crippen molar-refractivity contribution >= 4 is 22.5 Å². The predicted octanol–water partition coefficient (Wildman–Crippen LogP) is 3.04. The first kappa shape index (κ1) is 18.4. The molecule has 5 nitrogen and oxygen atoms in total. The van der Waals surface area contributed by atoms with E-state index in [0.29, 0.717) is 23.9 Å². The van der Waals surface area contributed by atoms with E-state index in [9.17, 15) is 14.0 Å². The number of ether oxygens (including phenoxy) is 1. The van der Waals surface area contributed by atoms with Gasteiger partial charge in [-0.1, -0.05) is 29.8 Å². The van der Waals surface area contributed by atoms with Crippen LogP contribution in [0.3, 0.4) is 0 Å². The average Bonchev–Trinajstić information content (AvgIpc) is 2.63. The van der Waals surface area contributed by atoms with Crippen LogP contribution >= 0.6 is 11.6 Å². The highest BCUT2D eigenvalue weighted by molar-refractivity contribution is 6.31. The standard InChI is InChI=1S/C19H18ClFN2O3/c1-26-11-5-10-22-18(24)13-6-2-3-9-17(13)23(19(22)25)12-14-15(20)7-4-8-16(14)21/h2-4,6-9H,5,10-12H2,1H3. The number of hydrogen-bond acceptors (Lipinski definition) is 3. The second kappa shape index (κ2) is 7.85. The Morgan fingerprint density at radius 3 is 2.58 bits per heavy atom. The van der Waals surface area contributed by atoms with Gasteiger partial charge in [-0.25, -0.2) is 9.18 Å². The summed E-state index contributed by atoms with van der Waals surface area (Å²) in [5.74, 6) is -0.495. The van der Waals surface area contributed by atoms with Gasteiger partial charge in [-0.05, 0) is 30.7 Å². The first-order chi connectivity index (χ1) is 12.5. The Hall–Kier alpha value is -2.44. The maximum Gasteiger partial charge on any atom is 0.331 e. The normalized spacial score (nSPS) is 11.2. The smallest absolute Gasteiger partial charge is 0.331 e. The van der Waals surface area contributed by atoms with Crippen molar-refractivity contribution in [2.75, 3.05) is 13.7 Å². The molecule has 0 bridgehead atoms. The fourth-order valence-corrected chi connectivity index (χ4v) is 3.15. The summed E-state index contributed by atoms with van der Waals surface area (Å²) in [7, 11) is 1.56. The summed E-state index contributed by atoms with van der Waals surface area (Å²) in [4.78, 5) is 25.6. The van der Waals surface area contributed by atoms with Crippen molar-refractivity contribution in [3.63, 3.8) is 0 Å². The minimum atomic E-state index is -0.496. The van der Waals surface area contributed by atoms with Crippen LogP contribution in [-0.4, -0.2) is 22.9 Å². The molecule has 3 rings (SSSR count). The molecule has 0 aliphatic heterocycles. The summed E-state index contributed by atoms with van der Waals surface area (Å²) in [5.41, 5.74) is -0.199. The maximum absolute atomic E-state index is 14.2. The lowest BCUT2D eigenvalue weighted by Gasteiger charge is -2.15. The lowest BCUT2D eigenvalue weighted by Crippen LogP contribution is -2.40. The molecule has 1 aromatic heterocycles. The number of methoxy groups -OCH3 is 1. The minimum Gasteiger partial charge on any atom is -0.385 e. The first-order valence-electron chi connectivity index (χ1n) is 8.18. The molecule has 2 aromatic carbocycles. The summed E-state index contributed by atoms with van der Waals surface area (Å²) in [6, 6.07) is 11.2. The number of nitrogens with zero attached hydrogens (tertiary/aromatic N) is 2. The first-order valence-corrected chi connectivity index (χ1v) is 8.56. The monoisotopic (exact) mass is 376 g/mol. The molecule has 3 aromatic rings. The molecule has 0 saturated carbocycles. The summed E-state index contributed by atoms with van der Waals surface area (Å²) in [5, 5.41) is 0.634. The van der Waals surface area contributed by atoms with Crippen LogP contribution in [0.25, 0.3) is 10.9 Å². The molecule has 0 fully saturated rings. The number of fused-ring (bicyclic) bond motifs is 1. The number of hydrogen-bond donors (Lipinski definition) is 0. The van der Waals surface area contributed by atoms with Gasteiger partial charge in [0.1, 0.15) is 5.82 Å². The van der Waals surface area contributed by atoms with Gasteiger partial charge in [-0.15, -0.1) is 0 Å². The molecule has 0 unspecified atom stereocenters. The second-order valence-corrected chi connectivity index (χ2v) is 6.30. The van der Waals surface area contributed by atoms with E-state index in [2.05, 4.69) is 0 Å². The second-order valence-electron chi connectivity index (χ2n) is 5.89. The van der Waals surface area contributed by atoms with E-state index < -0.39 is 11.5 Å². The van der Waals surface area contributed by atoms with Crippen LogP contribution in [0.2, 0.25) is 5.02 Å². The fraction of sp³-hybridized carbons (Fsp3) is 0.263. The predicted molar refractivity (Wildman–Crippen MR) is 99.5 cm³/mol. The van der Waals surface area contributed by atoms with Gasteiger partial charge in [-0.3, -0.25) is 13.9 Å². The SMILES string of the molecule is COCCCn1c(=O)c2ccccc2n(Cc2c(F)cccc2Cl)c1=O. The van der Waals surface area contributed by atoms with Gasteiger partial charge in [0.15, 0.2) is 0 Å².